The van der Waals surface area contributed by atoms with Crippen LogP contribution < -0.4 is 9.47 Å². The summed E-state index contributed by atoms with van der Waals surface area (Å²) >= 11 is 0.965. The van der Waals surface area contributed by atoms with E-state index >= 15 is 17.9 Å². The lowest BCUT2D eigenvalue weighted by atomic mass is 10.1. The third-order valence-corrected chi connectivity index (χ3v) is 18.2. The monoisotopic (exact) mass is 1020 g/mol. The van der Waals surface area contributed by atoms with Crippen LogP contribution in [0.4, 0.5) is 20.2 Å². The van der Waals surface area contributed by atoms with E-state index in [1.54, 1.807) is 12.2 Å². The molecule has 11 rings (SSSR count). The number of fused-ring (bicyclic) bond motifs is 10. The molecule has 0 amide bonds. The van der Waals surface area contributed by atoms with E-state index in [0.29, 0.717) is 22.8 Å². The van der Waals surface area contributed by atoms with Gasteiger partial charge in [0.25, 0.3) is 11.4 Å². The van der Waals surface area contributed by atoms with E-state index in [1.807, 2.05) is 0 Å². The summed E-state index contributed by atoms with van der Waals surface area (Å²) in [6.07, 6.45) is -6.68. The first kappa shape index (κ1) is 46.2. The number of ether oxygens (including phenoxy) is 4. The molecule has 3 fully saturated rings. The Morgan fingerprint density at radius 1 is 0.647 bits per heavy atom. The Morgan fingerprint density at radius 3 is 1.50 bits per heavy atom. The van der Waals surface area contributed by atoms with Gasteiger partial charge in [0, 0.05) is 34.8 Å². The number of imidazole rings is 2. The molecule has 3 saturated heterocycles. The molecule has 356 valence electrons. The van der Waals surface area contributed by atoms with Crippen molar-refractivity contribution in [2.75, 3.05) is 26.4 Å². The average Bonchev–Trinajstić information content (AvgIpc) is 4.11. The molecule has 10 atom stereocenters. The first-order chi connectivity index (χ1) is 32.9. The summed E-state index contributed by atoms with van der Waals surface area (Å²) in [4.78, 5) is 48.3. The van der Waals surface area contributed by atoms with Gasteiger partial charge < -0.3 is 18.9 Å². The van der Waals surface area contributed by atoms with Crippen LogP contribution in [0.25, 0.3) is 22.3 Å². The highest BCUT2D eigenvalue weighted by Crippen LogP contribution is 2.67. The predicted molar refractivity (Wildman–Crippen MR) is 234 cm³/mol. The van der Waals surface area contributed by atoms with Gasteiger partial charge in [-0.1, -0.05) is 36.4 Å². The Balaban J connectivity index is 1.09. The predicted octanol–water partition coefficient (Wildman–Crippen LogP) is 7.18. The molecule has 68 heavy (non-hydrogen) atoms. The van der Waals surface area contributed by atoms with Crippen LogP contribution >= 0.6 is 36.4 Å². The summed E-state index contributed by atoms with van der Waals surface area (Å²) in [5, 5.41) is 23.9. The molecule has 0 saturated carbocycles. The molecule has 4 aromatic heterocycles. The fraction of sp³-hybridized carbons (Fsp3) is 0.368. The van der Waals surface area contributed by atoms with Crippen LogP contribution in [-0.4, -0.2) is 112 Å². The van der Waals surface area contributed by atoms with Gasteiger partial charge in [-0.3, -0.25) is 47.5 Å². The standard InChI is InChI=1S/C38H34F2N10O14P2S2/c39-27-31-26-14-60-66(56,68-16-22-8-2-4-10-24(22)50(53)54)64-32-25(13-59-65(55,63-31)67-15-21-7-1-3-9-23(21)49(51)52)61-38(28(32)40)48-20-46-30-34(48)42-18-44-36(30)58-12-6-5-11-57-35-29-33(41-17-43-35)47(19-45-29)37(27)62-26/h1-10,17-20,25-28,31-32,37-38H,11-16H2/b6-5+/t25-,26-,27-,28-,31-,32-,37-,38?,65-,66-/m1/s1. The van der Waals surface area contributed by atoms with Gasteiger partial charge in [0.2, 0.25) is 11.8 Å². The molecule has 6 aromatic rings. The molecule has 1 unspecified atom stereocenters. The number of rotatable bonds is 8. The van der Waals surface area contributed by atoms with Gasteiger partial charge in [-0.05, 0) is 34.9 Å². The number of benzene rings is 2. The van der Waals surface area contributed by atoms with Crippen molar-refractivity contribution in [3.8, 4) is 11.8 Å². The van der Waals surface area contributed by atoms with Crippen molar-refractivity contribution in [3.05, 3.63) is 117 Å². The second kappa shape index (κ2) is 19.1. The Bertz CT molecular complexity index is 2830. The highest BCUT2D eigenvalue weighted by atomic mass is 32.7. The van der Waals surface area contributed by atoms with Crippen LogP contribution in [0.2, 0.25) is 0 Å². The maximum atomic E-state index is 17.3. The van der Waals surface area contributed by atoms with Gasteiger partial charge in [-0.2, -0.15) is 9.97 Å². The summed E-state index contributed by atoms with van der Waals surface area (Å²) < 4.78 is 116. The van der Waals surface area contributed by atoms with Gasteiger partial charge >= 0.3 is 13.6 Å². The second-order valence-corrected chi connectivity index (χ2v) is 23.1. The zero-order valence-corrected chi connectivity index (χ0v) is 38.0. The van der Waals surface area contributed by atoms with E-state index < -0.39 is 85.9 Å². The van der Waals surface area contributed by atoms with Gasteiger partial charge in [0.15, 0.2) is 47.1 Å². The van der Waals surface area contributed by atoms with E-state index in [0.717, 1.165) is 12.7 Å². The fourth-order valence-electron chi connectivity index (χ4n) is 7.73. The summed E-state index contributed by atoms with van der Waals surface area (Å²) in [5.74, 6) is -0.660. The second-order valence-electron chi connectivity index (χ2n) is 15.1. The first-order valence-corrected chi connectivity index (χ1v) is 26.6. The molecule has 9 heterocycles. The molecule has 0 aliphatic carbocycles. The van der Waals surface area contributed by atoms with Crippen molar-refractivity contribution >= 4 is 70.1 Å². The van der Waals surface area contributed by atoms with Crippen LogP contribution in [0, 0.1) is 20.2 Å². The molecule has 0 N–H and O–H groups in total. The Kier molecular flexibility index (Phi) is 13.0. The number of alkyl halides is 2. The van der Waals surface area contributed by atoms with Gasteiger partial charge in [0.1, 0.15) is 50.3 Å². The van der Waals surface area contributed by atoms with E-state index in [4.69, 9.17) is 37.0 Å². The Morgan fingerprint density at radius 2 is 1.07 bits per heavy atom. The molecule has 0 radical (unpaired) electrons. The highest BCUT2D eigenvalue weighted by molar-refractivity contribution is 8.55. The molecule has 24 nitrogen and oxygen atoms in total. The largest absolute Gasteiger partial charge is 0.472 e. The fourth-order valence-corrected chi connectivity index (χ4v) is 14.5. The third kappa shape index (κ3) is 9.08. The van der Waals surface area contributed by atoms with Crippen molar-refractivity contribution in [2.24, 2.45) is 0 Å². The van der Waals surface area contributed by atoms with Crippen LogP contribution in [-0.2, 0) is 48.2 Å². The molecule has 2 aromatic carbocycles. The number of hydrogen-bond donors (Lipinski definition) is 0. The minimum absolute atomic E-state index is 0.0206. The Labute approximate surface area is 388 Å². The third-order valence-electron chi connectivity index (χ3n) is 11.0. The molecule has 14 bridgehead atoms. The van der Waals surface area contributed by atoms with E-state index in [-0.39, 0.29) is 81.3 Å². The summed E-state index contributed by atoms with van der Waals surface area (Å²) in [6.45, 7) is -11.2. The van der Waals surface area contributed by atoms with Crippen molar-refractivity contribution in [2.45, 2.75) is 60.7 Å². The van der Waals surface area contributed by atoms with E-state index in [1.165, 1.54) is 70.3 Å². The minimum Gasteiger partial charge on any atom is -0.472 e. The normalized spacial score (nSPS) is 30.1. The first-order valence-electron chi connectivity index (χ1n) is 20.3. The van der Waals surface area contributed by atoms with Crippen molar-refractivity contribution < 1.29 is 64.8 Å². The average molecular weight is 1020 g/mol. The summed E-state index contributed by atoms with van der Waals surface area (Å²) in [5.41, 5.74) is -0.0981. The number of nitrogens with zero attached hydrogens (tertiary/aromatic N) is 10. The summed E-state index contributed by atoms with van der Waals surface area (Å²) in [7, 11) is 0. The molecular weight excluding hydrogens is 985 g/mol. The lowest BCUT2D eigenvalue weighted by Crippen LogP contribution is -2.37. The topological polar surface area (TPSA) is 281 Å². The van der Waals surface area contributed by atoms with Crippen LogP contribution in [0.3, 0.4) is 0 Å². The maximum absolute atomic E-state index is 17.3. The van der Waals surface area contributed by atoms with Gasteiger partial charge in [0.05, 0.1) is 35.7 Å². The highest BCUT2D eigenvalue weighted by Gasteiger charge is 2.56. The minimum atomic E-state index is -4.76. The number of para-hydroxylation sites is 2. The quantitative estimate of drug-likeness (QED) is 0.0631. The van der Waals surface area contributed by atoms with Crippen LogP contribution in [0.1, 0.15) is 23.6 Å². The number of nitro groups is 2. The number of halogens is 2. The molecule has 30 heteroatoms. The molecule has 5 aliphatic heterocycles. The SMILES string of the molecule is O=[N+]([O-])c1ccccc1CS[P@]1(=O)OC[C@H]2O[C@@H]3[C@H](F)[C@@H]2O[P@](=O)(SCc2ccccc2[N+](=O)[O-])OC[C@H]2OC([C@H](F)[C@@H]2O1)n1cnc2c(ncnc21)OC/C=C/COc1ncnc2c1ncn23. The van der Waals surface area contributed by atoms with Crippen molar-refractivity contribution in [3.63, 3.8) is 0 Å². The lowest BCUT2D eigenvalue weighted by Gasteiger charge is -2.30. The number of aromatic nitrogens is 8. The maximum Gasteiger partial charge on any atom is 0.390 e. The van der Waals surface area contributed by atoms with Gasteiger partial charge in [-0.25, -0.2) is 37.8 Å². The van der Waals surface area contributed by atoms with Crippen LogP contribution in [0.5, 0.6) is 11.8 Å². The van der Waals surface area contributed by atoms with Crippen molar-refractivity contribution in [1.29, 1.82) is 0 Å². The number of nitro benzene ring substituents is 2. The zero-order valence-electron chi connectivity index (χ0n) is 34.6. The van der Waals surface area contributed by atoms with Crippen LogP contribution in [0.15, 0.2) is 86.0 Å². The van der Waals surface area contributed by atoms with Gasteiger partial charge in [-0.15, -0.1) is 0 Å². The molecule has 0 spiro atoms. The smallest absolute Gasteiger partial charge is 0.390 e. The molecular formula is C38H34F2N10O14P2S2. The Hall–Kier alpha value is -5.54. The molecule has 5 aliphatic rings. The van der Waals surface area contributed by atoms with Crippen molar-refractivity contribution in [1.82, 2.24) is 39.0 Å². The van der Waals surface area contributed by atoms with E-state index in [9.17, 15) is 20.2 Å². The van der Waals surface area contributed by atoms with E-state index in [2.05, 4.69) is 29.9 Å². The summed E-state index contributed by atoms with van der Waals surface area (Å²) in [6, 6.07) is 11.3. The number of hydrogen-bond acceptors (Lipinski definition) is 22. The lowest BCUT2D eigenvalue weighted by molar-refractivity contribution is -0.385. The zero-order chi connectivity index (χ0) is 47.2.